The molecule has 140 valence electrons. The highest BCUT2D eigenvalue weighted by molar-refractivity contribution is 5.74. The molecule has 5 rings (SSSR count). The second-order valence-electron chi connectivity index (χ2n) is 6.77. The van der Waals surface area contributed by atoms with E-state index >= 15 is 0 Å². The smallest absolute Gasteiger partial charge is 0.180 e. The van der Waals surface area contributed by atoms with Crippen LogP contribution in [0, 0.1) is 0 Å². The minimum absolute atomic E-state index is 0.741. The molecule has 0 radical (unpaired) electrons. The van der Waals surface area contributed by atoms with Crippen LogP contribution >= 0.6 is 0 Å². The average Bonchev–Trinajstić information content (AvgIpc) is 3.25. The molecule has 6 nitrogen and oxygen atoms in total. The van der Waals surface area contributed by atoms with Crippen LogP contribution in [0.1, 0.15) is 0 Å². The fourth-order valence-electron chi connectivity index (χ4n) is 3.48. The Kier molecular flexibility index (Phi) is 4.39. The van der Waals surface area contributed by atoms with Gasteiger partial charge in [-0.2, -0.15) is 0 Å². The molecule has 0 unspecified atom stereocenters. The first-order chi connectivity index (χ1) is 13.9. The molecule has 1 aliphatic heterocycles. The summed E-state index contributed by atoms with van der Waals surface area (Å²) in [6, 6.07) is 18.6. The van der Waals surface area contributed by atoms with Crippen molar-refractivity contribution in [3.8, 4) is 11.3 Å². The van der Waals surface area contributed by atoms with Gasteiger partial charge in [-0.15, -0.1) is 0 Å². The molecular weight excluding hydrogens is 350 g/mol. The van der Waals surface area contributed by atoms with Crippen LogP contribution in [0.15, 0.2) is 73.2 Å². The number of anilines is 3. The van der Waals surface area contributed by atoms with Gasteiger partial charge in [-0.3, -0.25) is 0 Å². The summed E-state index contributed by atoms with van der Waals surface area (Å²) in [7, 11) is 0. The van der Waals surface area contributed by atoms with Gasteiger partial charge in [-0.05, 0) is 24.3 Å². The fourth-order valence-corrected chi connectivity index (χ4v) is 3.48. The van der Waals surface area contributed by atoms with E-state index in [2.05, 4.69) is 51.6 Å². The summed E-state index contributed by atoms with van der Waals surface area (Å²) in [5, 5.41) is 3.44. The van der Waals surface area contributed by atoms with E-state index in [0.29, 0.717) is 0 Å². The topological polar surface area (TPSA) is 54.7 Å². The van der Waals surface area contributed by atoms with Crippen molar-refractivity contribution in [1.29, 1.82) is 0 Å². The minimum atomic E-state index is 0.741. The van der Waals surface area contributed by atoms with Gasteiger partial charge in [0.05, 0.1) is 18.9 Å². The molecule has 3 heterocycles. The number of fused-ring (bicyclic) bond motifs is 1. The molecule has 28 heavy (non-hydrogen) atoms. The van der Waals surface area contributed by atoms with Gasteiger partial charge in [0.15, 0.2) is 11.5 Å². The van der Waals surface area contributed by atoms with Gasteiger partial charge in [-0.1, -0.05) is 30.3 Å². The van der Waals surface area contributed by atoms with Crippen LogP contribution in [0.25, 0.3) is 16.9 Å². The highest BCUT2D eigenvalue weighted by atomic mass is 16.5. The first-order valence-electron chi connectivity index (χ1n) is 9.46. The summed E-state index contributed by atoms with van der Waals surface area (Å²) >= 11 is 0. The standard InChI is InChI=1S/C22H21N5O/c1-2-4-17(5-3-1)20-16-27-11-10-23-22(27)21(25-20)24-18-6-8-19(9-7-18)26-12-14-28-15-13-26/h1-11,16H,12-15H2,(H,24,25). The van der Waals surface area contributed by atoms with Gasteiger partial charge in [0.25, 0.3) is 0 Å². The van der Waals surface area contributed by atoms with Crippen molar-refractivity contribution in [2.24, 2.45) is 0 Å². The molecule has 2 aromatic heterocycles. The summed E-state index contributed by atoms with van der Waals surface area (Å²) in [4.78, 5) is 11.6. The molecule has 1 saturated heterocycles. The molecule has 4 aromatic rings. The second kappa shape index (κ2) is 7.32. The Balaban J connectivity index is 1.45. The first-order valence-corrected chi connectivity index (χ1v) is 9.46. The second-order valence-corrected chi connectivity index (χ2v) is 6.77. The third kappa shape index (κ3) is 3.30. The summed E-state index contributed by atoms with van der Waals surface area (Å²) in [6.45, 7) is 3.44. The van der Waals surface area contributed by atoms with Crippen LogP contribution in [-0.4, -0.2) is 40.7 Å². The lowest BCUT2D eigenvalue weighted by atomic mass is 10.2. The Labute approximate surface area is 163 Å². The quantitative estimate of drug-likeness (QED) is 0.588. The molecule has 2 aromatic carbocycles. The molecule has 0 aliphatic carbocycles. The van der Waals surface area contributed by atoms with Gasteiger partial charge in [-0.25, -0.2) is 9.97 Å². The third-order valence-electron chi connectivity index (χ3n) is 4.95. The lowest BCUT2D eigenvalue weighted by Crippen LogP contribution is -2.36. The predicted molar refractivity (Wildman–Crippen MR) is 111 cm³/mol. The van der Waals surface area contributed by atoms with E-state index in [0.717, 1.165) is 54.7 Å². The summed E-state index contributed by atoms with van der Waals surface area (Å²) in [6.07, 6.45) is 5.74. The lowest BCUT2D eigenvalue weighted by molar-refractivity contribution is 0.122. The maximum Gasteiger partial charge on any atom is 0.180 e. The van der Waals surface area contributed by atoms with E-state index in [-0.39, 0.29) is 0 Å². The van der Waals surface area contributed by atoms with Crippen LogP contribution in [0.4, 0.5) is 17.2 Å². The number of nitrogens with one attached hydrogen (secondary N) is 1. The monoisotopic (exact) mass is 371 g/mol. The van der Waals surface area contributed by atoms with Crippen molar-refractivity contribution >= 4 is 22.8 Å². The first kappa shape index (κ1) is 16.8. The molecule has 0 saturated carbocycles. The number of hydrogen-bond donors (Lipinski definition) is 1. The Morgan fingerprint density at radius 2 is 1.71 bits per heavy atom. The number of hydrogen-bond acceptors (Lipinski definition) is 5. The number of rotatable bonds is 4. The highest BCUT2D eigenvalue weighted by Gasteiger charge is 2.12. The lowest BCUT2D eigenvalue weighted by Gasteiger charge is -2.28. The van der Waals surface area contributed by atoms with E-state index in [9.17, 15) is 0 Å². The maximum absolute atomic E-state index is 5.43. The highest BCUT2D eigenvalue weighted by Crippen LogP contribution is 2.26. The third-order valence-corrected chi connectivity index (χ3v) is 4.95. The van der Waals surface area contributed by atoms with E-state index < -0.39 is 0 Å². The van der Waals surface area contributed by atoms with Crippen LogP contribution in [0.5, 0.6) is 0 Å². The van der Waals surface area contributed by atoms with Crippen molar-refractivity contribution in [1.82, 2.24) is 14.4 Å². The Hall–Kier alpha value is -3.38. The van der Waals surface area contributed by atoms with E-state index in [1.165, 1.54) is 5.69 Å². The molecule has 1 fully saturated rings. The van der Waals surface area contributed by atoms with Crippen molar-refractivity contribution in [3.63, 3.8) is 0 Å². The number of ether oxygens (including phenoxy) is 1. The van der Waals surface area contributed by atoms with Crippen LogP contribution in [-0.2, 0) is 4.74 Å². The van der Waals surface area contributed by atoms with Gasteiger partial charge in [0, 0.05) is 48.6 Å². The van der Waals surface area contributed by atoms with E-state index in [4.69, 9.17) is 9.72 Å². The molecule has 0 atom stereocenters. The molecule has 1 aliphatic rings. The number of morpholine rings is 1. The number of aromatic nitrogens is 3. The van der Waals surface area contributed by atoms with Crippen molar-refractivity contribution < 1.29 is 4.74 Å². The zero-order valence-corrected chi connectivity index (χ0v) is 15.5. The number of imidazole rings is 1. The van der Waals surface area contributed by atoms with Crippen LogP contribution in [0.2, 0.25) is 0 Å². The van der Waals surface area contributed by atoms with Gasteiger partial charge >= 0.3 is 0 Å². The number of benzene rings is 2. The van der Waals surface area contributed by atoms with Gasteiger partial charge in [0.1, 0.15) is 0 Å². The maximum atomic E-state index is 5.43. The van der Waals surface area contributed by atoms with Crippen LogP contribution < -0.4 is 10.2 Å². The van der Waals surface area contributed by atoms with Crippen LogP contribution in [0.3, 0.4) is 0 Å². The summed E-state index contributed by atoms with van der Waals surface area (Å²) in [5.41, 5.74) is 4.98. The molecule has 0 spiro atoms. The normalized spacial score (nSPS) is 14.4. The SMILES string of the molecule is c1ccc(-c2cn3ccnc3c(Nc3ccc(N4CCOCC4)cc3)n2)cc1. The minimum Gasteiger partial charge on any atom is -0.378 e. The van der Waals surface area contributed by atoms with Crippen molar-refractivity contribution in [3.05, 3.63) is 73.2 Å². The zero-order valence-electron chi connectivity index (χ0n) is 15.5. The molecule has 1 N–H and O–H groups in total. The zero-order chi connectivity index (χ0) is 18.8. The molecular formula is C22H21N5O. The average molecular weight is 371 g/mol. The summed E-state index contributed by atoms with van der Waals surface area (Å²) in [5.74, 6) is 0.741. The molecule has 0 bridgehead atoms. The largest absolute Gasteiger partial charge is 0.378 e. The predicted octanol–water partition coefficient (Wildman–Crippen LogP) is 3.98. The Morgan fingerprint density at radius 1 is 0.929 bits per heavy atom. The Morgan fingerprint density at radius 3 is 2.50 bits per heavy atom. The molecule has 6 heteroatoms. The van der Waals surface area contributed by atoms with E-state index in [1.54, 1.807) is 6.20 Å². The number of nitrogens with zero attached hydrogens (tertiary/aromatic N) is 4. The van der Waals surface area contributed by atoms with E-state index in [1.807, 2.05) is 35.0 Å². The Bertz CT molecular complexity index is 1070. The fraction of sp³-hybridized carbons (Fsp3) is 0.182. The summed E-state index contributed by atoms with van der Waals surface area (Å²) < 4.78 is 7.43. The molecule has 0 amide bonds. The van der Waals surface area contributed by atoms with Gasteiger partial charge in [0.2, 0.25) is 0 Å². The van der Waals surface area contributed by atoms with Crippen molar-refractivity contribution in [2.75, 3.05) is 36.5 Å². The van der Waals surface area contributed by atoms with Gasteiger partial charge < -0.3 is 19.4 Å². The van der Waals surface area contributed by atoms with Crippen molar-refractivity contribution in [2.45, 2.75) is 0 Å².